The molecule has 1 aromatic rings. The summed E-state index contributed by atoms with van der Waals surface area (Å²) in [5.74, 6) is -0.470. The maximum absolute atomic E-state index is 12.8. The predicted octanol–water partition coefficient (Wildman–Crippen LogP) is 1.38. The van der Waals surface area contributed by atoms with Crippen LogP contribution in [-0.4, -0.2) is 75.0 Å². The molecule has 0 aliphatic carbocycles. The summed E-state index contributed by atoms with van der Waals surface area (Å²) < 4.78 is 4.57. The Morgan fingerprint density at radius 2 is 1.73 bits per heavy atom. The van der Waals surface area contributed by atoms with E-state index in [1.165, 1.54) is 7.11 Å². The molecule has 0 radical (unpaired) electrons. The Hall–Kier alpha value is -2.57. The van der Waals surface area contributed by atoms with E-state index >= 15 is 0 Å². The molecule has 0 saturated carbocycles. The molecule has 1 heterocycles. The van der Waals surface area contributed by atoms with Gasteiger partial charge in [0.1, 0.15) is 0 Å². The predicted molar refractivity (Wildman–Crippen MR) is 99.1 cm³/mol. The molecule has 0 N–H and O–H groups in total. The van der Waals surface area contributed by atoms with Crippen LogP contribution < -0.4 is 4.90 Å². The Balaban J connectivity index is 1.95. The van der Waals surface area contributed by atoms with Crippen molar-refractivity contribution in [3.05, 3.63) is 29.8 Å². The topological polar surface area (TPSA) is 70.2 Å². The fraction of sp³-hybridized carbons (Fsp3) is 0.526. The Kier molecular flexibility index (Phi) is 7.00. The van der Waals surface area contributed by atoms with Crippen LogP contribution in [0.3, 0.4) is 0 Å². The van der Waals surface area contributed by atoms with Crippen molar-refractivity contribution in [3.8, 4) is 0 Å². The summed E-state index contributed by atoms with van der Waals surface area (Å²) in [6, 6.07) is 7.54. The largest absolute Gasteiger partial charge is 0.469 e. The molecule has 2 amide bonds. The first kappa shape index (κ1) is 19.8. The molecule has 1 aliphatic heterocycles. The molecular weight excluding hydrogens is 334 g/mol. The molecule has 0 spiro atoms. The van der Waals surface area contributed by atoms with Crippen molar-refractivity contribution < 1.29 is 19.1 Å². The van der Waals surface area contributed by atoms with Gasteiger partial charge in [0.25, 0.3) is 5.91 Å². The molecule has 1 saturated heterocycles. The van der Waals surface area contributed by atoms with Gasteiger partial charge in [-0.2, -0.15) is 0 Å². The fourth-order valence-corrected chi connectivity index (χ4v) is 2.94. The number of nitrogens with zero attached hydrogens (tertiary/aromatic N) is 3. The number of methoxy groups -OCH3 is 1. The van der Waals surface area contributed by atoms with Crippen molar-refractivity contribution >= 4 is 23.5 Å². The van der Waals surface area contributed by atoms with E-state index in [9.17, 15) is 14.4 Å². The van der Waals surface area contributed by atoms with Crippen LogP contribution in [0.1, 0.15) is 29.6 Å². The minimum absolute atomic E-state index is 0.0161. The van der Waals surface area contributed by atoms with Gasteiger partial charge in [0.05, 0.1) is 13.5 Å². The first-order valence-electron chi connectivity index (χ1n) is 8.83. The highest BCUT2D eigenvalue weighted by Crippen LogP contribution is 2.16. The molecular formula is C19H27N3O4. The maximum Gasteiger partial charge on any atom is 0.306 e. The van der Waals surface area contributed by atoms with Gasteiger partial charge >= 0.3 is 5.97 Å². The van der Waals surface area contributed by atoms with E-state index in [0.29, 0.717) is 31.7 Å². The number of carbonyl (C=O) groups is 3. The van der Waals surface area contributed by atoms with Crippen molar-refractivity contribution in [1.29, 1.82) is 0 Å². The maximum atomic E-state index is 12.8. The molecule has 7 heteroatoms. The lowest BCUT2D eigenvalue weighted by Gasteiger charge is -2.23. The summed E-state index contributed by atoms with van der Waals surface area (Å²) in [6.07, 6.45) is 0.959. The van der Waals surface area contributed by atoms with Crippen LogP contribution in [0.5, 0.6) is 0 Å². The second kappa shape index (κ2) is 9.22. The fourth-order valence-electron chi connectivity index (χ4n) is 2.94. The zero-order valence-corrected chi connectivity index (χ0v) is 15.7. The average Bonchev–Trinajstić information content (AvgIpc) is 2.91. The third-order valence-electron chi connectivity index (χ3n) is 4.52. The summed E-state index contributed by atoms with van der Waals surface area (Å²) in [5, 5.41) is 0. The molecule has 2 rings (SSSR count). The lowest BCUT2D eigenvalue weighted by molar-refractivity contribution is -0.143. The molecule has 7 nitrogen and oxygen atoms in total. The minimum atomic E-state index is -0.384. The lowest BCUT2D eigenvalue weighted by Crippen LogP contribution is -2.37. The van der Waals surface area contributed by atoms with E-state index in [1.54, 1.807) is 9.80 Å². The highest BCUT2D eigenvalue weighted by molar-refractivity contribution is 5.95. The molecule has 0 aromatic heterocycles. The molecule has 1 aliphatic rings. The number of hydrogen-bond donors (Lipinski definition) is 0. The van der Waals surface area contributed by atoms with Gasteiger partial charge in [-0.1, -0.05) is 6.07 Å². The van der Waals surface area contributed by atoms with Gasteiger partial charge in [-0.3, -0.25) is 14.4 Å². The first-order chi connectivity index (χ1) is 12.4. The minimum Gasteiger partial charge on any atom is -0.469 e. The Morgan fingerprint density at radius 3 is 2.42 bits per heavy atom. The van der Waals surface area contributed by atoms with Crippen LogP contribution in [0.25, 0.3) is 0 Å². The van der Waals surface area contributed by atoms with Gasteiger partial charge in [0.15, 0.2) is 0 Å². The first-order valence-corrected chi connectivity index (χ1v) is 8.83. The van der Waals surface area contributed by atoms with Crippen LogP contribution in [0.15, 0.2) is 24.3 Å². The number of amides is 2. The monoisotopic (exact) mass is 361 g/mol. The zero-order valence-electron chi connectivity index (χ0n) is 15.7. The molecule has 0 atom stereocenters. The van der Waals surface area contributed by atoms with E-state index < -0.39 is 0 Å². The summed E-state index contributed by atoms with van der Waals surface area (Å²) >= 11 is 0. The highest BCUT2D eigenvalue weighted by Gasteiger charge is 2.23. The highest BCUT2D eigenvalue weighted by atomic mass is 16.5. The van der Waals surface area contributed by atoms with Crippen LogP contribution >= 0.6 is 0 Å². The van der Waals surface area contributed by atoms with Crippen LogP contribution in [0, 0.1) is 0 Å². The average molecular weight is 361 g/mol. The summed E-state index contributed by atoms with van der Waals surface area (Å²) in [5.41, 5.74) is 1.63. The van der Waals surface area contributed by atoms with Gasteiger partial charge in [-0.05, 0) is 24.6 Å². The Morgan fingerprint density at radius 1 is 1.04 bits per heavy atom. The van der Waals surface area contributed by atoms with Crippen molar-refractivity contribution in [3.63, 3.8) is 0 Å². The van der Waals surface area contributed by atoms with Gasteiger partial charge in [0.2, 0.25) is 5.91 Å². The molecule has 0 unspecified atom stereocenters. The molecule has 0 bridgehead atoms. The number of rotatable bonds is 5. The van der Waals surface area contributed by atoms with Crippen molar-refractivity contribution in [2.45, 2.75) is 19.3 Å². The lowest BCUT2D eigenvalue weighted by atomic mass is 10.1. The number of carbonyl (C=O) groups excluding carboxylic acids is 3. The van der Waals surface area contributed by atoms with Gasteiger partial charge in [-0.15, -0.1) is 0 Å². The van der Waals surface area contributed by atoms with E-state index in [1.807, 2.05) is 43.3 Å². The summed E-state index contributed by atoms with van der Waals surface area (Å²) in [6.45, 7) is 2.20. The number of ether oxygens (including phenoxy) is 1. The number of esters is 1. The third-order valence-corrected chi connectivity index (χ3v) is 4.52. The quantitative estimate of drug-likeness (QED) is 0.741. The van der Waals surface area contributed by atoms with Crippen LogP contribution in [-0.2, 0) is 14.3 Å². The normalized spacial score (nSPS) is 14.6. The SMILES string of the molecule is COC(=O)CCC(=O)N1CCCN(C(=O)c2cccc(N(C)C)c2)CC1. The van der Waals surface area contributed by atoms with Crippen molar-refractivity contribution in [1.82, 2.24) is 9.80 Å². The second-order valence-corrected chi connectivity index (χ2v) is 6.55. The molecule has 142 valence electrons. The Labute approximate surface area is 154 Å². The standard InChI is InChI=1S/C19H27N3O4/c1-20(2)16-7-4-6-15(14-16)19(25)22-11-5-10-21(12-13-22)17(23)8-9-18(24)26-3/h4,6-7,14H,5,8-13H2,1-3H3. The van der Waals surface area contributed by atoms with E-state index in [2.05, 4.69) is 4.74 Å². The molecule has 1 fully saturated rings. The number of hydrogen-bond acceptors (Lipinski definition) is 5. The van der Waals surface area contributed by atoms with E-state index in [4.69, 9.17) is 0 Å². The van der Waals surface area contributed by atoms with E-state index in [0.717, 1.165) is 12.1 Å². The second-order valence-electron chi connectivity index (χ2n) is 6.55. The summed E-state index contributed by atoms with van der Waals surface area (Å²) in [4.78, 5) is 41.7. The zero-order chi connectivity index (χ0) is 19.1. The van der Waals surface area contributed by atoms with Crippen LogP contribution in [0.4, 0.5) is 5.69 Å². The van der Waals surface area contributed by atoms with E-state index in [-0.39, 0.29) is 30.6 Å². The molecule has 1 aromatic carbocycles. The summed E-state index contributed by atoms with van der Waals surface area (Å²) in [7, 11) is 5.19. The van der Waals surface area contributed by atoms with Crippen molar-refractivity contribution in [2.24, 2.45) is 0 Å². The van der Waals surface area contributed by atoms with Gasteiger partial charge in [-0.25, -0.2) is 0 Å². The van der Waals surface area contributed by atoms with Gasteiger partial charge < -0.3 is 19.4 Å². The molecule has 26 heavy (non-hydrogen) atoms. The van der Waals surface area contributed by atoms with Crippen LogP contribution in [0.2, 0.25) is 0 Å². The van der Waals surface area contributed by atoms with Gasteiger partial charge in [0, 0.05) is 57.9 Å². The van der Waals surface area contributed by atoms with Crippen molar-refractivity contribution in [2.75, 3.05) is 52.3 Å². The third kappa shape index (κ3) is 5.21. The number of benzene rings is 1. The smallest absolute Gasteiger partial charge is 0.306 e. The Bertz CT molecular complexity index is 660. The number of anilines is 1.